The molecule has 0 radical (unpaired) electrons. The van der Waals surface area contributed by atoms with Gasteiger partial charge in [-0.05, 0) is 40.1 Å². The highest BCUT2D eigenvalue weighted by atomic mass is 16.6. The topological polar surface area (TPSA) is 74.5 Å². The van der Waals surface area contributed by atoms with Crippen molar-refractivity contribution in [3.05, 3.63) is 22.2 Å². The summed E-state index contributed by atoms with van der Waals surface area (Å²) < 4.78 is 0. The fourth-order valence-corrected chi connectivity index (χ4v) is 1.87. The molecule has 0 saturated carbocycles. The lowest BCUT2D eigenvalue weighted by atomic mass is 10.3. The molecule has 7 heteroatoms. The maximum atomic E-state index is 11.1. The molecule has 0 spiro atoms. The molecule has 0 atom stereocenters. The highest BCUT2D eigenvalue weighted by Gasteiger charge is 2.19. The molecule has 0 bridgehead atoms. The van der Waals surface area contributed by atoms with Crippen molar-refractivity contribution in [1.29, 1.82) is 0 Å². The van der Waals surface area contributed by atoms with Crippen molar-refractivity contribution in [3.63, 3.8) is 0 Å². The van der Waals surface area contributed by atoms with Crippen LogP contribution in [0.25, 0.3) is 0 Å². The summed E-state index contributed by atoms with van der Waals surface area (Å²) >= 11 is 0. The molecule has 1 heterocycles. The molecular weight excluding hydrogens is 258 g/mol. The van der Waals surface area contributed by atoms with Crippen LogP contribution in [-0.2, 0) is 0 Å². The van der Waals surface area contributed by atoms with Gasteiger partial charge in [0, 0.05) is 26.2 Å². The van der Waals surface area contributed by atoms with E-state index in [9.17, 15) is 10.1 Å². The average Bonchev–Trinajstić information content (AvgIpc) is 2.38. The Morgan fingerprint density at radius 2 is 2.00 bits per heavy atom. The smallest absolute Gasteiger partial charge is 0.311 e. The van der Waals surface area contributed by atoms with Crippen LogP contribution in [-0.4, -0.2) is 55.6 Å². The third-order valence-electron chi connectivity index (χ3n) is 2.87. The van der Waals surface area contributed by atoms with Gasteiger partial charge in [-0.15, -0.1) is 0 Å². The third kappa shape index (κ3) is 4.65. The molecule has 0 amide bonds. The van der Waals surface area contributed by atoms with Gasteiger partial charge in [-0.1, -0.05) is 0 Å². The van der Waals surface area contributed by atoms with E-state index in [0.717, 1.165) is 26.1 Å². The van der Waals surface area contributed by atoms with E-state index in [4.69, 9.17) is 0 Å². The number of aromatic nitrogens is 1. The van der Waals surface area contributed by atoms with Gasteiger partial charge in [-0.2, -0.15) is 0 Å². The molecule has 0 fully saturated rings. The fourth-order valence-electron chi connectivity index (χ4n) is 1.87. The zero-order valence-corrected chi connectivity index (χ0v) is 12.6. The molecule has 1 aromatic rings. The first-order chi connectivity index (χ1) is 9.45. The quantitative estimate of drug-likeness (QED) is 0.578. The number of nitro groups is 1. The number of hydrogen-bond donors (Lipinski definition) is 1. The summed E-state index contributed by atoms with van der Waals surface area (Å²) in [5.74, 6) is 1.07. The van der Waals surface area contributed by atoms with Gasteiger partial charge in [0.05, 0.1) is 4.92 Å². The van der Waals surface area contributed by atoms with Crippen LogP contribution in [0.5, 0.6) is 0 Å². The van der Waals surface area contributed by atoms with E-state index in [2.05, 4.69) is 15.2 Å². The predicted octanol–water partition coefficient (Wildman–Crippen LogP) is 1.81. The lowest BCUT2D eigenvalue weighted by molar-refractivity contribution is -0.384. The molecule has 0 aromatic carbocycles. The largest absolute Gasteiger partial charge is 0.370 e. The standard InChI is InChI=1S/C13H23N5O2/c1-5-14-12-8-7-11(18(19)20)13(15-12)17(4)10-6-9-16(2)3/h7-8H,5-6,9-10H2,1-4H3,(H,14,15). The van der Waals surface area contributed by atoms with Gasteiger partial charge in [0.2, 0.25) is 5.82 Å². The molecule has 112 valence electrons. The second kappa shape index (κ2) is 7.64. The maximum absolute atomic E-state index is 11.1. The minimum Gasteiger partial charge on any atom is -0.370 e. The van der Waals surface area contributed by atoms with Crippen molar-refractivity contribution in [2.75, 3.05) is 51.0 Å². The van der Waals surface area contributed by atoms with Crippen molar-refractivity contribution in [2.45, 2.75) is 13.3 Å². The van der Waals surface area contributed by atoms with Crippen molar-refractivity contribution >= 4 is 17.3 Å². The monoisotopic (exact) mass is 281 g/mol. The van der Waals surface area contributed by atoms with E-state index in [-0.39, 0.29) is 10.6 Å². The Balaban J connectivity index is 2.87. The Labute approximate surface area is 119 Å². The lowest BCUT2D eigenvalue weighted by Gasteiger charge is -2.20. The van der Waals surface area contributed by atoms with Gasteiger partial charge in [-0.3, -0.25) is 10.1 Å². The van der Waals surface area contributed by atoms with E-state index >= 15 is 0 Å². The molecule has 1 aromatic heterocycles. The molecule has 0 unspecified atom stereocenters. The number of pyridine rings is 1. The van der Waals surface area contributed by atoms with Gasteiger partial charge < -0.3 is 15.1 Å². The van der Waals surface area contributed by atoms with Crippen LogP contribution in [0.15, 0.2) is 12.1 Å². The molecule has 0 saturated heterocycles. The van der Waals surface area contributed by atoms with Crippen molar-refractivity contribution in [1.82, 2.24) is 9.88 Å². The van der Waals surface area contributed by atoms with Crippen LogP contribution in [0.3, 0.4) is 0 Å². The van der Waals surface area contributed by atoms with Crippen molar-refractivity contribution in [2.24, 2.45) is 0 Å². The predicted molar refractivity (Wildman–Crippen MR) is 81.5 cm³/mol. The van der Waals surface area contributed by atoms with E-state index in [0.29, 0.717) is 11.6 Å². The Morgan fingerprint density at radius 1 is 1.30 bits per heavy atom. The van der Waals surface area contributed by atoms with E-state index in [1.165, 1.54) is 6.07 Å². The second-order valence-electron chi connectivity index (χ2n) is 4.91. The molecular formula is C13H23N5O2. The molecule has 0 aliphatic rings. The maximum Gasteiger partial charge on any atom is 0.311 e. The Hall–Kier alpha value is -1.89. The first-order valence-corrected chi connectivity index (χ1v) is 6.71. The SMILES string of the molecule is CCNc1ccc([N+](=O)[O-])c(N(C)CCCN(C)C)n1. The second-order valence-corrected chi connectivity index (χ2v) is 4.91. The molecule has 7 nitrogen and oxygen atoms in total. The number of nitrogens with zero attached hydrogens (tertiary/aromatic N) is 4. The first kappa shape index (κ1) is 16.2. The van der Waals surface area contributed by atoms with Crippen molar-refractivity contribution < 1.29 is 4.92 Å². The number of hydrogen-bond acceptors (Lipinski definition) is 6. The van der Waals surface area contributed by atoms with Gasteiger partial charge in [0.1, 0.15) is 5.82 Å². The van der Waals surface area contributed by atoms with Crippen molar-refractivity contribution in [3.8, 4) is 0 Å². The summed E-state index contributed by atoms with van der Waals surface area (Å²) in [4.78, 5) is 19.0. The summed E-state index contributed by atoms with van der Waals surface area (Å²) in [6.07, 6.45) is 0.924. The highest BCUT2D eigenvalue weighted by Crippen LogP contribution is 2.26. The fraction of sp³-hybridized carbons (Fsp3) is 0.615. The Kier molecular flexibility index (Phi) is 6.17. The average molecular weight is 281 g/mol. The van der Waals surface area contributed by atoms with Crippen LogP contribution >= 0.6 is 0 Å². The van der Waals surface area contributed by atoms with Gasteiger partial charge >= 0.3 is 5.69 Å². The highest BCUT2D eigenvalue weighted by molar-refractivity contribution is 5.61. The molecule has 20 heavy (non-hydrogen) atoms. The summed E-state index contributed by atoms with van der Waals surface area (Å²) in [5, 5.41) is 14.2. The summed E-state index contributed by atoms with van der Waals surface area (Å²) in [6.45, 7) is 4.35. The van der Waals surface area contributed by atoms with Crippen LogP contribution in [0.4, 0.5) is 17.3 Å². The Morgan fingerprint density at radius 3 is 2.55 bits per heavy atom. The minimum absolute atomic E-state index is 0.0407. The van der Waals surface area contributed by atoms with E-state index in [1.807, 2.05) is 33.0 Å². The summed E-state index contributed by atoms with van der Waals surface area (Å²) in [7, 11) is 5.85. The number of anilines is 2. The number of nitrogens with one attached hydrogen (secondary N) is 1. The summed E-state index contributed by atoms with van der Waals surface area (Å²) in [5.41, 5.74) is 0.0407. The Bertz CT molecular complexity index is 450. The third-order valence-corrected chi connectivity index (χ3v) is 2.87. The van der Waals surface area contributed by atoms with E-state index < -0.39 is 0 Å². The lowest BCUT2D eigenvalue weighted by Crippen LogP contribution is -2.25. The minimum atomic E-state index is -0.388. The van der Waals surface area contributed by atoms with Gasteiger partial charge in [-0.25, -0.2) is 4.98 Å². The summed E-state index contributed by atoms with van der Waals surface area (Å²) in [6, 6.07) is 3.14. The zero-order valence-electron chi connectivity index (χ0n) is 12.6. The number of rotatable bonds is 8. The first-order valence-electron chi connectivity index (χ1n) is 6.71. The molecule has 0 aliphatic heterocycles. The van der Waals surface area contributed by atoms with Crippen LogP contribution in [0.2, 0.25) is 0 Å². The van der Waals surface area contributed by atoms with Gasteiger partial charge in [0.15, 0.2) is 0 Å². The normalized spacial score (nSPS) is 10.7. The molecule has 1 N–H and O–H groups in total. The zero-order chi connectivity index (χ0) is 15.1. The molecule has 1 rings (SSSR count). The van der Waals surface area contributed by atoms with Crippen LogP contribution < -0.4 is 10.2 Å². The van der Waals surface area contributed by atoms with E-state index in [1.54, 1.807) is 6.07 Å². The molecule has 0 aliphatic carbocycles. The van der Waals surface area contributed by atoms with Crippen LogP contribution in [0.1, 0.15) is 13.3 Å². The van der Waals surface area contributed by atoms with Crippen LogP contribution in [0, 0.1) is 10.1 Å². The van der Waals surface area contributed by atoms with Gasteiger partial charge in [0.25, 0.3) is 0 Å².